The first-order chi connectivity index (χ1) is 12.7. The Labute approximate surface area is 159 Å². The SMILES string of the molecule is CC(C)(C)c1ccc2c(c1)O[C@H](C(=O)N/N=C\c1ccc([N+](=O)[O-])s1)CO2. The van der Waals surface area contributed by atoms with Crippen LogP contribution in [-0.2, 0) is 10.2 Å². The minimum atomic E-state index is -0.831. The summed E-state index contributed by atoms with van der Waals surface area (Å²) in [5.74, 6) is 0.664. The molecule has 1 aromatic heterocycles. The molecule has 1 atom stereocenters. The normalized spacial score (nSPS) is 16.3. The van der Waals surface area contributed by atoms with Gasteiger partial charge in [0, 0.05) is 6.07 Å². The maximum absolute atomic E-state index is 12.3. The molecule has 8 nitrogen and oxygen atoms in total. The van der Waals surface area contributed by atoms with Gasteiger partial charge < -0.3 is 9.47 Å². The van der Waals surface area contributed by atoms with E-state index in [-0.39, 0.29) is 17.0 Å². The number of hydrogen-bond donors (Lipinski definition) is 1. The van der Waals surface area contributed by atoms with Crippen molar-refractivity contribution in [1.29, 1.82) is 0 Å². The van der Waals surface area contributed by atoms with Gasteiger partial charge in [0.25, 0.3) is 5.91 Å². The summed E-state index contributed by atoms with van der Waals surface area (Å²) in [6.45, 7) is 6.35. The van der Waals surface area contributed by atoms with E-state index in [1.807, 2.05) is 18.2 Å². The van der Waals surface area contributed by atoms with Crippen molar-refractivity contribution in [2.24, 2.45) is 5.10 Å². The third-order valence-electron chi connectivity index (χ3n) is 3.92. The molecule has 142 valence electrons. The van der Waals surface area contributed by atoms with Gasteiger partial charge in [-0.25, -0.2) is 5.43 Å². The molecular formula is C18H19N3O5S. The first-order valence-corrected chi connectivity index (χ1v) is 9.07. The third kappa shape index (κ3) is 4.43. The highest BCUT2D eigenvalue weighted by Gasteiger charge is 2.28. The Bertz CT molecular complexity index is 901. The van der Waals surface area contributed by atoms with Crippen LogP contribution >= 0.6 is 11.3 Å². The van der Waals surface area contributed by atoms with Gasteiger partial charge in [0.05, 0.1) is 16.0 Å². The molecule has 1 amide bonds. The maximum Gasteiger partial charge on any atom is 0.324 e. The first kappa shape index (κ1) is 18.8. The van der Waals surface area contributed by atoms with Gasteiger partial charge >= 0.3 is 5.00 Å². The lowest BCUT2D eigenvalue weighted by Gasteiger charge is -2.27. The van der Waals surface area contributed by atoms with E-state index in [1.54, 1.807) is 6.07 Å². The molecule has 1 N–H and O–H groups in total. The van der Waals surface area contributed by atoms with Gasteiger partial charge in [-0.05, 0) is 29.2 Å². The summed E-state index contributed by atoms with van der Waals surface area (Å²) in [5, 5.41) is 14.5. The third-order valence-corrected chi connectivity index (χ3v) is 4.89. The highest BCUT2D eigenvalue weighted by molar-refractivity contribution is 7.16. The summed E-state index contributed by atoms with van der Waals surface area (Å²) in [7, 11) is 0. The smallest absolute Gasteiger partial charge is 0.324 e. The summed E-state index contributed by atoms with van der Waals surface area (Å²) < 4.78 is 11.4. The average molecular weight is 389 g/mol. The lowest BCUT2D eigenvalue weighted by Crippen LogP contribution is -2.42. The molecule has 3 rings (SSSR count). The number of amides is 1. The van der Waals surface area contributed by atoms with Crippen LogP contribution in [0.2, 0.25) is 0 Å². The summed E-state index contributed by atoms with van der Waals surface area (Å²) in [5.41, 5.74) is 3.40. The number of carbonyl (C=O) groups excluding carboxylic acids is 1. The second-order valence-electron chi connectivity index (χ2n) is 7.00. The number of hydrogen-bond acceptors (Lipinski definition) is 7. The minimum Gasteiger partial charge on any atom is -0.485 e. The molecule has 1 aromatic carbocycles. The molecule has 0 radical (unpaired) electrons. The molecule has 0 aliphatic carbocycles. The van der Waals surface area contributed by atoms with Crippen LogP contribution < -0.4 is 14.9 Å². The molecule has 0 spiro atoms. The quantitative estimate of drug-likeness (QED) is 0.491. The molecule has 1 aliphatic rings. The number of thiophene rings is 1. The number of ether oxygens (including phenoxy) is 2. The average Bonchev–Trinajstić information content (AvgIpc) is 3.09. The summed E-state index contributed by atoms with van der Waals surface area (Å²) >= 11 is 0.967. The Morgan fingerprint density at radius 3 is 2.78 bits per heavy atom. The number of nitro groups is 1. The molecule has 0 bridgehead atoms. The van der Waals surface area contributed by atoms with Crippen LogP contribution in [0.1, 0.15) is 31.2 Å². The molecular weight excluding hydrogens is 370 g/mol. The van der Waals surface area contributed by atoms with Gasteiger partial charge in [-0.15, -0.1) is 0 Å². The number of nitrogens with zero attached hydrogens (tertiary/aromatic N) is 2. The fourth-order valence-electron chi connectivity index (χ4n) is 2.41. The van der Waals surface area contributed by atoms with E-state index in [0.717, 1.165) is 16.9 Å². The topological polar surface area (TPSA) is 103 Å². The molecule has 1 aliphatic heterocycles. The fraction of sp³-hybridized carbons (Fsp3) is 0.333. The zero-order valence-electron chi connectivity index (χ0n) is 15.1. The molecule has 0 saturated carbocycles. The number of fused-ring (bicyclic) bond motifs is 1. The van der Waals surface area contributed by atoms with Gasteiger partial charge in [0.15, 0.2) is 11.5 Å². The Morgan fingerprint density at radius 1 is 1.33 bits per heavy atom. The molecule has 0 fully saturated rings. The molecule has 0 saturated heterocycles. The Hall–Kier alpha value is -2.94. The Morgan fingerprint density at radius 2 is 2.11 bits per heavy atom. The number of hydrazone groups is 1. The van der Waals surface area contributed by atoms with E-state index in [4.69, 9.17) is 9.47 Å². The van der Waals surface area contributed by atoms with E-state index in [1.165, 1.54) is 12.3 Å². The predicted molar refractivity (Wildman–Crippen MR) is 102 cm³/mol. The second kappa shape index (κ2) is 7.36. The summed E-state index contributed by atoms with van der Waals surface area (Å²) in [6, 6.07) is 8.64. The standard InChI is InChI=1S/C18H19N3O5S/c1-18(2,3)11-4-6-13-14(8-11)26-15(10-25-13)17(22)20-19-9-12-5-7-16(27-12)21(23)24/h4-9,15H,10H2,1-3H3,(H,20,22)/b19-9-/t15-/m0/s1. The van der Waals surface area contributed by atoms with E-state index in [2.05, 4.69) is 31.3 Å². The van der Waals surface area contributed by atoms with Gasteiger partial charge in [0.1, 0.15) is 6.61 Å². The molecule has 27 heavy (non-hydrogen) atoms. The van der Waals surface area contributed by atoms with Crippen molar-refractivity contribution in [3.05, 3.63) is 50.9 Å². The Balaban J connectivity index is 1.63. The van der Waals surface area contributed by atoms with Crippen molar-refractivity contribution in [2.45, 2.75) is 32.3 Å². The molecule has 9 heteroatoms. The maximum atomic E-state index is 12.3. The highest BCUT2D eigenvalue weighted by atomic mass is 32.1. The monoisotopic (exact) mass is 389 g/mol. The van der Waals surface area contributed by atoms with Gasteiger partial charge in [-0.2, -0.15) is 5.10 Å². The van der Waals surface area contributed by atoms with Gasteiger partial charge in [-0.3, -0.25) is 14.9 Å². The number of benzene rings is 1. The lowest BCUT2D eigenvalue weighted by molar-refractivity contribution is -0.380. The van der Waals surface area contributed by atoms with Crippen LogP contribution in [0.15, 0.2) is 35.4 Å². The van der Waals surface area contributed by atoms with Gasteiger partial charge in [-0.1, -0.05) is 38.2 Å². The van der Waals surface area contributed by atoms with Crippen molar-refractivity contribution in [2.75, 3.05) is 6.61 Å². The van der Waals surface area contributed by atoms with Crippen molar-refractivity contribution in [3.8, 4) is 11.5 Å². The fourth-order valence-corrected chi connectivity index (χ4v) is 3.10. The van der Waals surface area contributed by atoms with Crippen LogP contribution in [0.3, 0.4) is 0 Å². The first-order valence-electron chi connectivity index (χ1n) is 8.25. The molecule has 2 aromatic rings. The number of rotatable bonds is 4. The van der Waals surface area contributed by atoms with Crippen molar-refractivity contribution < 1.29 is 19.2 Å². The van der Waals surface area contributed by atoms with Crippen molar-refractivity contribution in [3.63, 3.8) is 0 Å². The van der Waals surface area contributed by atoms with Crippen molar-refractivity contribution >= 4 is 28.5 Å². The van der Waals surface area contributed by atoms with Crippen LogP contribution in [-0.4, -0.2) is 29.8 Å². The van der Waals surface area contributed by atoms with Crippen LogP contribution in [0, 0.1) is 10.1 Å². The van der Waals surface area contributed by atoms with Gasteiger partial charge in [0.2, 0.25) is 6.10 Å². The number of carbonyl (C=O) groups is 1. The zero-order chi connectivity index (χ0) is 19.6. The lowest BCUT2D eigenvalue weighted by atomic mass is 9.87. The summed E-state index contributed by atoms with van der Waals surface area (Å²) in [4.78, 5) is 23.0. The summed E-state index contributed by atoms with van der Waals surface area (Å²) in [6.07, 6.45) is 0.521. The van der Waals surface area contributed by atoms with Crippen LogP contribution in [0.4, 0.5) is 5.00 Å². The van der Waals surface area contributed by atoms with E-state index >= 15 is 0 Å². The molecule has 2 heterocycles. The second-order valence-corrected chi connectivity index (χ2v) is 8.09. The van der Waals surface area contributed by atoms with E-state index in [0.29, 0.717) is 16.4 Å². The van der Waals surface area contributed by atoms with E-state index in [9.17, 15) is 14.9 Å². The predicted octanol–water partition coefficient (Wildman–Crippen LogP) is 3.24. The van der Waals surface area contributed by atoms with Crippen LogP contribution in [0.25, 0.3) is 0 Å². The molecule has 0 unspecified atom stereocenters. The van der Waals surface area contributed by atoms with Crippen LogP contribution in [0.5, 0.6) is 11.5 Å². The highest BCUT2D eigenvalue weighted by Crippen LogP contribution is 2.36. The van der Waals surface area contributed by atoms with E-state index < -0.39 is 16.9 Å². The minimum absolute atomic E-state index is 0.0121. The Kier molecular flexibility index (Phi) is 5.13. The largest absolute Gasteiger partial charge is 0.485 e. The van der Waals surface area contributed by atoms with Crippen molar-refractivity contribution in [1.82, 2.24) is 5.43 Å². The number of nitrogens with one attached hydrogen (secondary N) is 1. The zero-order valence-corrected chi connectivity index (χ0v) is 15.9.